The molecule has 6 heterocycles. The van der Waals surface area contributed by atoms with E-state index < -0.39 is 11.6 Å². The van der Waals surface area contributed by atoms with Crippen molar-refractivity contribution in [3.05, 3.63) is 59.6 Å². The predicted molar refractivity (Wildman–Crippen MR) is 180 cm³/mol. The van der Waals surface area contributed by atoms with Crippen LogP contribution in [-0.4, -0.2) is 89.4 Å². The van der Waals surface area contributed by atoms with Crippen LogP contribution in [0.15, 0.2) is 42.3 Å². The summed E-state index contributed by atoms with van der Waals surface area (Å²) in [4.78, 5) is 36.0. The molecule has 2 fully saturated rings. The molecule has 7 rings (SSSR count). The number of aromatic nitrogens is 3. The van der Waals surface area contributed by atoms with Crippen LogP contribution >= 0.6 is 11.3 Å². The Balaban J connectivity index is 1.39. The number of likely N-dealkylation sites (tertiary alicyclic amines) is 1. The van der Waals surface area contributed by atoms with Crippen molar-refractivity contribution in [2.24, 2.45) is 5.41 Å². The van der Waals surface area contributed by atoms with Gasteiger partial charge in [-0.05, 0) is 43.4 Å². The number of pyridine rings is 1. The summed E-state index contributed by atoms with van der Waals surface area (Å²) < 4.78 is 44.5. The second-order valence-corrected chi connectivity index (χ2v) is 13.8. The Hall–Kier alpha value is -4.36. The number of hydrogen-bond acceptors (Lipinski definition) is 8. The number of hydrogen-bond donors (Lipinski definition) is 0. The zero-order chi connectivity index (χ0) is 33.7. The minimum atomic E-state index is -0.776. The minimum Gasteiger partial charge on any atom is -0.490 e. The number of amides is 2. The SMILES string of the molecule is C=CC(=O)N1CCn2nc(-c3nc(N4CC5(CCCN(C(C)=O)C5)C4)c4ccsc4c3-c3c(F)cc(F)cc3OCCOC)cc2C1C. The number of carbonyl (C=O) groups excluding carboxylic acids is 2. The van der Waals surface area contributed by atoms with E-state index in [9.17, 15) is 14.0 Å². The smallest absolute Gasteiger partial charge is 0.246 e. The van der Waals surface area contributed by atoms with Gasteiger partial charge in [0.25, 0.3) is 0 Å². The second-order valence-electron chi connectivity index (χ2n) is 12.9. The molecule has 48 heavy (non-hydrogen) atoms. The summed E-state index contributed by atoms with van der Waals surface area (Å²) in [5.74, 6) is -0.807. The van der Waals surface area contributed by atoms with Crippen LogP contribution in [0.2, 0.25) is 0 Å². The number of benzene rings is 1. The van der Waals surface area contributed by atoms with Crippen LogP contribution in [0.25, 0.3) is 32.6 Å². The molecular weight excluding hydrogens is 638 g/mol. The van der Waals surface area contributed by atoms with Crippen molar-refractivity contribution < 1.29 is 27.8 Å². The number of rotatable bonds is 8. The van der Waals surface area contributed by atoms with Gasteiger partial charge in [-0.3, -0.25) is 14.3 Å². The summed E-state index contributed by atoms with van der Waals surface area (Å²) in [5, 5.41) is 7.75. The fourth-order valence-electron chi connectivity index (χ4n) is 7.49. The number of anilines is 1. The lowest BCUT2D eigenvalue weighted by molar-refractivity contribution is -0.133. The Kier molecular flexibility index (Phi) is 8.44. The zero-order valence-electron chi connectivity index (χ0n) is 27.3. The summed E-state index contributed by atoms with van der Waals surface area (Å²) in [6.07, 6.45) is 3.29. The molecule has 3 aliphatic rings. The molecule has 0 N–H and O–H groups in total. The van der Waals surface area contributed by atoms with E-state index in [0.717, 1.165) is 60.1 Å². The molecule has 1 atom stereocenters. The van der Waals surface area contributed by atoms with E-state index in [2.05, 4.69) is 11.5 Å². The second kappa shape index (κ2) is 12.6. The summed E-state index contributed by atoms with van der Waals surface area (Å²) in [6, 6.07) is 5.65. The van der Waals surface area contributed by atoms with Gasteiger partial charge in [-0.25, -0.2) is 13.8 Å². The molecule has 0 bridgehead atoms. The van der Waals surface area contributed by atoms with Gasteiger partial charge in [0.05, 0.1) is 30.5 Å². The number of methoxy groups -OCH3 is 1. The third-order valence-electron chi connectivity index (χ3n) is 9.82. The third kappa shape index (κ3) is 5.52. The number of carbonyl (C=O) groups is 2. The maximum atomic E-state index is 16.1. The van der Waals surface area contributed by atoms with E-state index in [0.29, 0.717) is 36.6 Å². The van der Waals surface area contributed by atoms with Crippen molar-refractivity contribution in [1.82, 2.24) is 24.6 Å². The monoisotopic (exact) mass is 676 g/mol. The summed E-state index contributed by atoms with van der Waals surface area (Å²) in [6.45, 7) is 11.4. The molecule has 3 aromatic heterocycles. The van der Waals surface area contributed by atoms with Crippen LogP contribution in [0.3, 0.4) is 0 Å². The molecule has 0 radical (unpaired) electrons. The fraction of sp³-hybridized carbons (Fsp3) is 0.429. The van der Waals surface area contributed by atoms with Gasteiger partial charge in [-0.2, -0.15) is 5.10 Å². The van der Waals surface area contributed by atoms with Crippen molar-refractivity contribution in [3.63, 3.8) is 0 Å². The number of halogens is 2. The first-order valence-corrected chi connectivity index (χ1v) is 17.0. The standard InChI is InChI=1S/C35H38F2N6O4S/c1-5-29(45)42-10-11-43-27(21(42)2)17-26(39-43)32-31(30-25(37)15-23(36)16-28(30)47-13-12-46-4)33-24(7-14-48-33)34(38-32)41-19-35(20-41)8-6-9-40(18-35)22(3)44/h5,7,14-17,21H,1,6,8-13,18-20H2,2-4H3. The molecule has 3 aliphatic heterocycles. The van der Waals surface area contributed by atoms with Gasteiger partial charge >= 0.3 is 0 Å². The molecule has 1 unspecified atom stereocenters. The van der Waals surface area contributed by atoms with Gasteiger partial charge in [0.1, 0.15) is 41.2 Å². The Labute approximate surface area is 281 Å². The summed E-state index contributed by atoms with van der Waals surface area (Å²) in [5.41, 5.74) is 2.32. The zero-order valence-corrected chi connectivity index (χ0v) is 28.1. The van der Waals surface area contributed by atoms with Crippen molar-refractivity contribution in [1.29, 1.82) is 0 Å². The fourth-order valence-corrected chi connectivity index (χ4v) is 8.44. The van der Waals surface area contributed by atoms with Gasteiger partial charge < -0.3 is 24.2 Å². The molecule has 1 aromatic carbocycles. The maximum absolute atomic E-state index is 16.1. The van der Waals surface area contributed by atoms with Crippen LogP contribution in [0.1, 0.15) is 38.4 Å². The van der Waals surface area contributed by atoms with E-state index in [-0.39, 0.29) is 47.8 Å². The van der Waals surface area contributed by atoms with Gasteiger partial charge in [0, 0.05) is 80.0 Å². The quantitative estimate of drug-likeness (QED) is 0.176. The number of thiophene rings is 1. The largest absolute Gasteiger partial charge is 0.490 e. The first kappa shape index (κ1) is 32.2. The Morgan fingerprint density at radius 1 is 1.12 bits per heavy atom. The highest BCUT2D eigenvalue weighted by molar-refractivity contribution is 7.18. The number of piperidine rings is 1. The molecule has 0 aliphatic carbocycles. The molecule has 252 valence electrons. The third-order valence-corrected chi connectivity index (χ3v) is 10.8. The van der Waals surface area contributed by atoms with Crippen LogP contribution in [0, 0.1) is 17.0 Å². The highest BCUT2D eigenvalue weighted by atomic mass is 32.1. The molecular formula is C35H38F2N6O4S. The first-order valence-electron chi connectivity index (χ1n) is 16.2. The summed E-state index contributed by atoms with van der Waals surface area (Å²) >= 11 is 1.45. The van der Waals surface area contributed by atoms with Crippen molar-refractivity contribution in [3.8, 4) is 28.3 Å². The lowest BCUT2D eigenvalue weighted by Gasteiger charge is -2.55. The predicted octanol–water partition coefficient (Wildman–Crippen LogP) is 5.67. The first-order chi connectivity index (χ1) is 23.1. The van der Waals surface area contributed by atoms with Gasteiger partial charge in [-0.15, -0.1) is 11.3 Å². The van der Waals surface area contributed by atoms with Crippen LogP contribution in [-0.2, 0) is 20.9 Å². The van der Waals surface area contributed by atoms with Crippen LogP contribution in [0.4, 0.5) is 14.6 Å². The molecule has 10 nitrogen and oxygen atoms in total. The van der Waals surface area contributed by atoms with Gasteiger partial charge in [0.15, 0.2) is 0 Å². The number of fused-ring (bicyclic) bond motifs is 2. The Bertz CT molecular complexity index is 1920. The molecule has 13 heteroatoms. The molecule has 2 amide bonds. The van der Waals surface area contributed by atoms with Crippen molar-refractivity contribution >= 4 is 39.1 Å². The number of ether oxygens (including phenoxy) is 2. The van der Waals surface area contributed by atoms with Crippen molar-refractivity contribution in [2.75, 3.05) is 57.9 Å². The molecule has 1 spiro atoms. The minimum absolute atomic E-state index is 0.0116. The lowest BCUT2D eigenvalue weighted by atomic mass is 9.73. The highest BCUT2D eigenvalue weighted by Crippen LogP contribution is 2.50. The highest BCUT2D eigenvalue weighted by Gasteiger charge is 2.47. The topological polar surface area (TPSA) is 93.0 Å². The molecule has 4 aromatic rings. The Morgan fingerprint density at radius 2 is 1.94 bits per heavy atom. The Morgan fingerprint density at radius 3 is 2.69 bits per heavy atom. The normalized spacial score (nSPS) is 18.6. The average Bonchev–Trinajstić information content (AvgIpc) is 3.72. The van der Waals surface area contributed by atoms with Crippen molar-refractivity contribution in [2.45, 2.75) is 39.3 Å². The maximum Gasteiger partial charge on any atom is 0.246 e. The van der Waals surface area contributed by atoms with Gasteiger partial charge in [0.2, 0.25) is 11.8 Å². The number of nitrogens with zero attached hydrogens (tertiary/aromatic N) is 6. The van der Waals surface area contributed by atoms with E-state index >= 15 is 4.39 Å². The molecule has 2 saturated heterocycles. The van der Waals surface area contributed by atoms with E-state index in [4.69, 9.17) is 19.6 Å². The van der Waals surface area contributed by atoms with E-state index in [1.807, 2.05) is 34.0 Å². The lowest BCUT2D eigenvalue weighted by Crippen LogP contribution is -2.63. The molecule has 0 saturated carbocycles. The van der Waals surface area contributed by atoms with Gasteiger partial charge in [-0.1, -0.05) is 6.58 Å². The summed E-state index contributed by atoms with van der Waals surface area (Å²) in [7, 11) is 1.53. The van der Waals surface area contributed by atoms with Crippen LogP contribution in [0.5, 0.6) is 5.75 Å². The van der Waals surface area contributed by atoms with Crippen LogP contribution < -0.4 is 9.64 Å². The average molecular weight is 677 g/mol. The van der Waals surface area contributed by atoms with E-state index in [1.165, 1.54) is 30.6 Å². The van der Waals surface area contributed by atoms with E-state index in [1.54, 1.807) is 11.8 Å².